The predicted octanol–water partition coefficient (Wildman–Crippen LogP) is 2.38. The van der Waals surface area contributed by atoms with Crippen LogP contribution in [0.5, 0.6) is 0 Å². The van der Waals surface area contributed by atoms with E-state index in [1.807, 2.05) is 6.92 Å². The number of hydrogen-bond acceptors (Lipinski definition) is 5. The van der Waals surface area contributed by atoms with Gasteiger partial charge in [0.1, 0.15) is 0 Å². The van der Waals surface area contributed by atoms with Crippen molar-refractivity contribution in [3.05, 3.63) is 32.2 Å². The van der Waals surface area contributed by atoms with Crippen LogP contribution in [0.4, 0.5) is 0 Å². The van der Waals surface area contributed by atoms with E-state index < -0.39 is 0 Å². The molecule has 7 heteroatoms. The molecule has 0 aliphatic heterocycles. The molecule has 2 rings (SSSR count). The maximum Gasteiger partial charge on any atom is 0.191 e. The zero-order valence-corrected chi connectivity index (χ0v) is 14.3. The monoisotopic (exact) mass is 323 g/mol. The fourth-order valence-electron chi connectivity index (χ4n) is 1.82. The molecule has 2 heterocycles. The molecule has 0 fully saturated rings. The predicted molar refractivity (Wildman–Crippen MR) is 90.2 cm³/mol. The van der Waals surface area contributed by atoms with Crippen LogP contribution in [0.3, 0.4) is 0 Å². The second-order valence-corrected chi connectivity index (χ2v) is 6.55. The standard InChI is InChI=1S/C14H21N5S2/c1-4-13-19-12(9-21-13)7-17-14(15-3)16-6-5-11-8-20-10(2)18-11/h8-9H,4-7H2,1-3H3,(H2,15,16,17). The number of nitrogens with one attached hydrogen (secondary N) is 2. The summed E-state index contributed by atoms with van der Waals surface area (Å²) in [5, 5.41) is 13.1. The van der Waals surface area contributed by atoms with Crippen LogP contribution in [-0.2, 0) is 19.4 Å². The van der Waals surface area contributed by atoms with E-state index >= 15 is 0 Å². The van der Waals surface area contributed by atoms with Gasteiger partial charge in [-0.15, -0.1) is 22.7 Å². The molecule has 0 spiro atoms. The van der Waals surface area contributed by atoms with E-state index in [1.54, 1.807) is 29.7 Å². The lowest BCUT2D eigenvalue weighted by Crippen LogP contribution is -2.37. The maximum absolute atomic E-state index is 4.53. The van der Waals surface area contributed by atoms with Crippen LogP contribution in [0.25, 0.3) is 0 Å². The molecule has 0 saturated heterocycles. The van der Waals surface area contributed by atoms with Gasteiger partial charge in [-0.2, -0.15) is 0 Å². The summed E-state index contributed by atoms with van der Waals surface area (Å²) < 4.78 is 0. The summed E-state index contributed by atoms with van der Waals surface area (Å²) in [5.74, 6) is 0.799. The molecule has 0 atom stereocenters. The number of aliphatic imine (C=N–C) groups is 1. The Morgan fingerprint density at radius 2 is 2.00 bits per heavy atom. The molecule has 5 nitrogen and oxygen atoms in total. The van der Waals surface area contributed by atoms with Crippen LogP contribution in [0, 0.1) is 6.92 Å². The molecule has 0 saturated carbocycles. The van der Waals surface area contributed by atoms with Crippen LogP contribution >= 0.6 is 22.7 Å². The minimum atomic E-state index is 0.700. The SMILES string of the molecule is CCc1nc(CNC(=NC)NCCc2csc(C)n2)cs1. The first-order valence-electron chi connectivity index (χ1n) is 7.00. The molecular weight excluding hydrogens is 302 g/mol. The highest BCUT2D eigenvalue weighted by Gasteiger charge is 2.03. The lowest BCUT2D eigenvalue weighted by atomic mass is 10.3. The second kappa shape index (κ2) is 8.09. The van der Waals surface area contributed by atoms with Crippen molar-refractivity contribution in [2.24, 2.45) is 4.99 Å². The van der Waals surface area contributed by atoms with E-state index in [1.165, 1.54) is 5.01 Å². The molecule has 0 aliphatic carbocycles. The molecule has 0 aromatic carbocycles. The van der Waals surface area contributed by atoms with Gasteiger partial charge in [-0.1, -0.05) is 6.92 Å². The van der Waals surface area contributed by atoms with Crippen LogP contribution < -0.4 is 10.6 Å². The Bertz CT molecular complexity index is 588. The van der Waals surface area contributed by atoms with Gasteiger partial charge in [-0.25, -0.2) is 9.97 Å². The molecule has 2 aromatic heterocycles. The first-order chi connectivity index (χ1) is 10.2. The third-order valence-corrected chi connectivity index (χ3v) is 4.77. The van der Waals surface area contributed by atoms with Crippen molar-refractivity contribution < 1.29 is 0 Å². The van der Waals surface area contributed by atoms with E-state index in [4.69, 9.17) is 0 Å². The third kappa shape index (κ3) is 5.09. The van der Waals surface area contributed by atoms with Gasteiger partial charge < -0.3 is 10.6 Å². The Labute approximate surface area is 133 Å². The van der Waals surface area contributed by atoms with Crippen LogP contribution in [-0.4, -0.2) is 29.5 Å². The van der Waals surface area contributed by atoms with Gasteiger partial charge >= 0.3 is 0 Å². The van der Waals surface area contributed by atoms with Crippen LogP contribution in [0.2, 0.25) is 0 Å². The van der Waals surface area contributed by atoms with Crippen LogP contribution in [0.15, 0.2) is 15.8 Å². The normalized spacial score (nSPS) is 11.7. The topological polar surface area (TPSA) is 62.2 Å². The largest absolute Gasteiger partial charge is 0.356 e. The average Bonchev–Trinajstić information content (AvgIpc) is 3.11. The Kier molecular flexibility index (Phi) is 6.13. The van der Waals surface area contributed by atoms with Crippen molar-refractivity contribution in [3.63, 3.8) is 0 Å². The van der Waals surface area contributed by atoms with Gasteiger partial charge in [-0.3, -0.25) is 4.99 Å². The smallest absolute Gasteiger partial charge is 0.191 e. The Morgan fingerprint density at radius 3 is 2.62 bits per heavy atom. The molecule has 21 heavy (non-hydrogen) atoms. The number of hydrogen-bond donors (Lipinski definition) is 2. The number of nitrogens with zero attached hydrogens (tertiary/aromatic N) is 3. The summed E-state index contributed by atoms with van der Waals surface area (Å²) in [6.45, 7) is 5.67. The van der Waals surface area contributed by atoms with Gasteiger partial charge in [0.05, 0.1) is 27.9 Å². The molecule has 0 amide bonds. The number of rotatable bonds is 6. The van der Waals surface area contributed by atoms with Gasteiger partial charge in [0.25, 0.3) is 0 Å². The van der Waals surface area contributed by atoms with Gasteiger partial charge in [0, 0.05) is 30.8 Å². The Morgan fingerprint density at radius 1 is 1.19 bits per heavy atom. The van der Waals surface area contributed by atoms with Crippen molar-refractivity contribution in [3.8, 4) is 0 Å². The van der Waals surface area contributed by atoms with E-state index in [9.17, 15) is 0 Å². The summed E-state index contributed by atoms with van der Waals surface area (Å²) >= 11 is 3.40. The van der Waals surface area contributed by atoms with E-state index in [2.05, 4.69) is 43.3 Å². The number of aromatic nitrogens is 2. The number of aryl methyl sites for hydroxylation is 2. The highest BCUT2D eigenvalue weighted by atomic mass is 32.1. The zero-order chi connectivity index (χ0) is 15.1. The number of thiazole rings is 2. The van der Waals surface area contributed by atoms with Crippen LogP contribution in [0.1, 0.15) is 28.3 Å². The minimum Gasteiger partial charge on any atom is -0.356 e. The number of guanidine groups is 1. The van der Waals surface area contributed by atoms with Gasteiger partial charge in [0.15, 0.2) is 5.96 Å². The second-order valence-electron chi connectivity index (χ2n) is 4.55. The van der Waals surface area contributed by atoms with Crippen molar-refractivity contribution >= 4 is 28.6 Å². The fourth-order valence-corrected chi connectivity index (χ4v) is 3.21. The highest BCUT2D eigenvalue weighted by Crippen LogP contribution is 2.09. The highest BCUT2D eigenvalue weighted by molar-refractivity contribution is 7.09. The fraction of sp³-hybridized carbons (Fsp3) is 0.500. The summed E-state index contributed by atoms with van der Waals surface area (Å²) in [6.07, 6.45) is 1.90. The Hall–Kier alpha value is -1.47. The van der Waals surface area contributed by atoms with Crippen molar-refractivity contribution in [2.75, 3.05) is 13.6 Å². The summed E-state index contributed by atoms with van der Waals surface area (Å²) in [4.78, 5) is 13.2. The molecule has 0 aliphatic rings. The summed E-state index contributed by atoms with van der Waals surface area (Å²) in [7, 11) is 1.78. The van der Waals surface area contributed by atoms with Crippen molar-refractivity contribution in [1.82, 2.24) is 20.6 Å². The summed E-state index contributed by atoms with van der Waals surface area (Å²) in [5.41, 5.74) is 2.20. The van der Waals surface area contributed by atoms with Crippen molar-refractivity contribution in [1.29, 1.82) is 0 Å². The molecular formula is C14H21N5S2. The molecule has 0 radical (unpaired) electrons. The summed E-state index contributed by atoms with van der Waals surface area (Å²) in [6, 6.07) is 0. The third-order valence-electron chi connectivity index (χ3n) is 2.90. The van der Waals surface area contributed by atoms with Gasteiger partial charge in [-0.05, 0) is 13.3 Å². The van der Waals surface area contributed by atoms with Crippen molar-refractivity contribution in [2.45, 2.75) is 33.2 Å². The lowest BCUT2D eigenvalue weighted by molar-refractivity contribution is 0.777. The first kappa shape index (κ1) is 15.9. The lowest BCUT2D eigenvalue weighted by Gasteiger charge is -2.10. The molecule has 0 unspecified atom stereocenters. The molecule has 0 bridgehead atoms. The van der Waals surface area contributed by atoms with Gasteiger partial charge in [0.2, 0.25) is 0 Å². The maximum atomic E-state index is 4.53. The quantitative estimate of drug-likeness (QED) is 0.633. The Balaban J connectivity index is 1.73. The van der Waals surface area contributed by atoms with E-state index in [-0.39, 0.29) is 0 Å². The first-order valence-corrected chi connectivity index (χ1v) is 8.76. The van der Waals surface area contributed by atoms with E-state index in [0.29, 0.717) is 6.54 Å². The average molecular weight is 323 g/mol. The van der Waals surface area contributed by atoms with E-state index in [0.717, 1.165) is 41.7 Å². The molecule has 114 valence electrons. The molecule has 2 aromatic rings. The minimum absolute atomic E-state index is 0.700. The molecule has 2 N–H and O–H groups in total. The zero-order valence-electron chi connectivity index (χ0n) is 12.6.